The van der Waals surface area contributed by atoms with E-state index in [-0.39, 0.29) is 5.91 Å². The predicted molar refractivity (Wildman–Crippen MR) is 152 cm³/mol. The average Bonchev–Trinajstić information content (AvgIpc) is 2.89. The number of nitrogens with one attached hydrogen (secondary N) is 1. The fourth-order valence-electron chi connectivity index (χ4n) is 3.27. The van der Waals surface area contributed by atoms with Crippen LogP contribution in [-0.4, -0.2) is 27.2 Å². The second kappa shape index (κ2) is 20.9. The molecule has 0 saturated heterocycles. The number of methoxy groups -OCH3 is 3. The average molecular weight is 494 g/mol. The first-order valence-electron chi connectivity index (χ1n) is 12.6. The van der Waals surface area contributed by atoms with Gasteiger partial charge in [0.2, 0.25) is 11.7 Å². The van der Waals surface area contributed by atoms with Gasteiger partial charge in [0.15, 0.2) is 11.5 Å². The zero-order valence-corrected chi connectivity index (χ0v) is 22.4. The molecule has 1 amide bonds. The summed E-state index contributed by atoms with van der Waals surface area (Å²) in [7, 11) is 4.65. The third-order valence-electron chi connectivity index (χ3n) is 5.15. The van der Waals surface area contributed by atoms with Crippen molar-refractivity contribution < 1.29 is 19.0 Å². The van der Waals surface area contributed by atoms with Crippen LogP contribution in [0, 0.1) is 0 Å². The lowest BCUT2D eigenvalue weighted by molar-refractivity contribution is -0.116. The van der Waals surface area contributed by atoms with Crippen molar-refractivity contribution >= 4 is 11.6 Å². The molecular formula is C31H43NO4. The minimum Gasteiger partial charge on any atom is -0.493 e. The number of amides is 1. The number of anilines is 1. The number of carbonyl (C=O) groups excluding carboxylic acids is 1. The molecule has 0 aliphatic carbocycles. The van der Waals surface area contributed by atoms with Crippen molar-refractivity contribution in [3.05, 3.63) is 85.0 Å². The summed E-state index contributed by atoms with van der Waals surface area (Å²) in [6.07, 6.45) is 33.0. The summed E-state index contributed by atoms with van der Waals surface area (Å²) in [6.45, 7) is 2.04. The Hall–Kier alpha value is -3.47. The summed E-state index contributed by atoms with van der Waals surface area (Å²) in [5.41, 5.74) is 0.619. The van der Waals surface area contributed by atoms with Gasteiger partial charge in [0.1, 0.15) is 0 Å². The van der Waals surface area contributed by atoms with Crippen molar-refractivity contribution in [2.24, 2.45) is 0 Å². The van der Waals surface area contributed by atoms with Crippen LogP contribution in [0.25, 0.3) is 0 Å². The van der Waals surface area contributed by atoms with E-state index in [2.05, 4.69) is 78.2 Å². The first-order valence-corrected chi connectivity index (χ1v) is 12.6. The maximum Gasteiger partial charge on any atom is 0.224 e. The summed E-state index contributed by atoms with van der Waals surface area (Å²) < 4.78 is 16.0. The number of rotatable bonds is 18. The molecule has 1 rings (SSSR count). The van der Waals surface area contributed by atoms with Gasteiger partial charge in [-0.2, -0.15) is 0 Å². The molecule has 0 fully saturated rings. The first kappa shape index (κ1) is 30.6. The normalized spacial score (nSPS) is 12.2. The SMILES string of the molecule is C/C=C/C/C=C/C/C=C/C/C=C/C/C=C/C/C=C/CCCC(=O)Nc1cc(OC)c(OC)c(OC)c1. The standard InChI is InChI=1S/C31H43NO4/c1-5-6-7-8-9-10-11-12-13-14-15-16-17-18-19-20-21-22-23-24-30(33)32-27-25-28(34-2)31(36-4)29(26-27)35-3/h5-6,8-9,11-12,14-15,17-18,20-21,25-26H,7,10,13,16,19,22-24H2,1-4H3,(H,32,33)/b6-5+,9-8+,12-11+,15-14+,18-17+,21-20+. The molecule has 1 N–H and O–H groups in total. The van der Waals surface area contributed by atoms with E-state index in [4.69, 9.17) is 14.2 Å². The van der Waals surface area contributed by atoms with E-state index in [1.165, 1.54) is 0 Å². The Morgan fingerprint density at radius 2 is 1.14 bits per heavy atom. The van der Waals surface area contributed by atoms with Crippen LogP contribution in [0.4, 0.5) is 5.69 Å². The molecular weight excluding hydrogens is 450 g/mol. The second-order valence-electron chi connectivity index (χ2n) is 7.96. The highest BCUT2D eigenvalue weighted by Gasteiger charge is 2.14. The smallest absolute Gasteiger partial charge is 0.224 e. The molecule has 0 aliphatic heterocycles. The van der Waals surface area contributed by atoms with Gasteiger partial charge in [0, 0.05) is 24.2 Å². The molecule has 1 aromatic carbocycles. The van der Waals surface area contributed by atoms with Crippen LogP contribution in [0.1, 0.15) is 58.3 Å². The maximum absolute atomic E-state index is 12.3. The summed E-state index contributed by atoms with van der Waals surface area (Å²) >= 11 is 0. The van der Waals surface area contributed by atoms with Crippen LogP contribution in [0.2, 0.25) is 0 Å². The lowest BCUT2D eigenvalue weighted by atomic mass is 10.2. The predicted octanol–water partition coefficient (Wildman–Crippen LogP) is 8.13. The fraction of sp³-hybridized carbons (Fsp3) is 0.387. The maximum atomic E-state index is 12.3. The molecule has 0 saturated carbocycles. The van der Waals surface area contributed by atoms with Gasteiger partial charge in [-0.1, -0.05) is 72.9 Å². The molecule has 0 unspecified atom stereocenters. The molecule has 0 radical (unpaired) electrons. The third kappa shape index (κ3) is 14.1. The zero-order chi connectivity index (χ0) is 26.3. The highest BCUT2D eigenvalue weighted by molar-refractivity contribution is 5.91. The van der Waals surface area contributed by atoms with Crippen molar-refractivity contribution in [2.45, 2.75) is 58.3 Å². The molecule has 5 nitrogen and oxygen atoms in total. The Bertz CT molecular complexity index is 897. The Kier molecular flexibility index (Phi) is 17.7. The number of ether oxygens (including phenoxy) is 3. The number of unbranched alkanes of at least 4 members (excludes halogenated alkanes) is 1. The zero-order valence-electron chi connectivity index (χ0n) is 22.4. The topological polar surface area (TPSA) is 56.8 Å². The summed E-state index contributed by atoms with van der Waals surface area (Å²) in [4.78, 5) is 12.3. The molecule has 0 heterocycles. The quantitative estimate of drug-likeness (QED) is 0.166. The van der Waals surface area contributed by atoms with Gasteiger partial charge in [-0.15, -0.1) is 0 Å². The lowest BCUT2D eigenvalue weighted by Crippen LogP contribution is -2.11. The largest absolute Gasteiger partial charge is 0.493 e. The van der Waals surface area contributed by atoms with Crippen LogP contribution in [0.15, 0.2) is 85.0 Å². The molecule has 196 valence electrons. The number of carbonyl (C=O) groups is 1. The van der Waals surface area contributed by atoms with Crippen molar-refractivity contribution in [3.63, 3.8) is 0 Å². The summed E-state index contributed by atoms with van der Waals surface area (Å²) in [5.74, 6) is 1.48. The molecule has 0 bridgehead atoms. The molecule has 5 heteroatoms. The van der Waals surface area contributed by atoms with Gasteiger partial charge in [-0.05, 0) is 51.9 Å². The van der Waals surface area contributed by atoms with E-state index in [9.17, 15) is 4.79 Å². The first-order chi connectivity index (χ1) is 17.7. The monoisotopic (exact) mass is 493 g/mol. The van der Waals surface area contributed by atoms with Gasteiger partial charge >= 0.3 is 0 Å². The molecule has 0 aliphatic rings. The van der Waals surface area contributed by atoms with Crippen LogP contribution >= 0.6 is 0 Å². The Balaban J connectivity index is 2.17. The van der Waals surface area contributed by atoms with Gasteiger partial charge in [-0.25, -0.2) is 0 Å². The third-order valence-corrected chi connectivity index (χ3v) is 5.15. The molecule has 36 heavy (non-hydrogen) atoms. The van der Waals surface area contributed by atoms with E-state index in [1.54, 1.807) is 33.5 Å². The fourth-order valence-corrected chi connectivity index (χ4v) is 3.27. The van der Waals surface area contributed by atoms with E-state index in [0.29, 0.717) is 29.4 Å². The van der Waals surface area contributed by atoms with Crippen molar-refractivity contribution in [3.8, 4) is 17.2 Å². The van der Waals surface area contributed by atoms with Crippen molar-refractivity contribution in [1.29, 1.82) is 0 Å². The minimum absolute atomic E-state index is 0.0416. The van der Waals surface area contributed by atoms with E-state index >= 15 is 0 Å². The van der Waals surface area contributed by atoms with Crippen LogP contribution < -0.4 is 19.5 Å². The Morgan fingerprint density at radius 3 is 1.56 bits per heavy atom. The number of allylic oxidation sites excluding steroid dienone is 12. The second-order valence-corrected chi connectivity index (χ2v) is 7.96. The molecule has 0 aromatic heterocycles. The molecule has 1 aromatic rings. The van der Waals surface area contributed by atoms with Gasteiger partial charge in [0.05, 0.1) is 21.3 Å². The highest BCUT2D eigenvalue weighted by atomic mass is 16.5. The van der Waals surface area contributed by atoms with E-state index < -0.39 is 0 Å². The molecule has 0 spiro atoms. The van der Waals surface area contributed by atoms with Crippen LogP contribution in [0.3, 0.4) is 0 Å². The Labute approximate surface area is 217 Å². The number of hydrogen-bond donors (Lipinski definition) is 1. The number of benzene rings is 1. The van der Waals surface area contributed by atoms with E-state index in [0.717, 1.165) is 44.9 Å². The van der Waals surface area contributed by atoms with Gasteiger partial charge < -0.3 is 19.5 Å². The van der Waals surface area contributed by atoms with Crippen molar-refractivity contribution in [2.75, 3.05) is 26.6 Å². The van der Waals surface area contributed by atoms with Crippen molar-refractivity contribution in [1.82, 2.24) is 0 Å². The van der Waals surface area contributed by atoms with Crippen LogP contribution in [-0.2, 0) is 4.79 Å². The van der Waals surface area contributed by atoms with E-state index in [1.807, 2.05) is 6.92 Å². The van der Waals surface area contributed by atoms with Crippen LogP contribution in [0.5, 0.6) is 17.2 Å². The lowest BCUT2D eigenvalue weighted by Gasteiger charge is -2.14. The van der Waals surface area contributed by atoms with Gasteiger partial charge in [-0.3, -0.25) is 4.79 Å². The molecule has 0 atom stereocenters. The number of hydrogen-bond acceptors (Lipinski definition) is 4. The van der Waals surface area contributed by atoms with Gasteiger partial charge in [0.25, 0.3) is 0 Å². The minimum atomic E-state index is -0.0416. The Morgan fingerprint density at radius 1 is 0.694 bits per heavy atom. The summed E-state index contributed by atoms with van der Waals surface area (Å²) in [6, 6.07) is 3.45. The summed E-state index contributed by atoms with van der Waals surface area (Å²) in [5, 5.41) is 2.90. The highest BCUT2D eigenvalue weighted by Crippen LogP contribution is 2.39.